The lowest BCUT2D eigenvalue weighted by molar-refractivity contribution is -0.384. The Labute approximate surface area is 129 Å². The van der Waals surface area contributed by atoms with Crippen LogP contribution in [0, 0.1) is 10.1 Å². The fourth-order valence-electron chi connectivity index (χ4n) is 2.85. The minimum absolute atomic E-state index is 0.00797. The molecule has 5 heteroatoms. The number of benzene rings is 2. The molecule has 1 heterocycles. The molecular weight excluding hydrogens is 280 g/mol. The first kappa shape index (κ1) is 14.7. The predicted octanol–water partition coefficient (Wildman–Crippen LogP) is 3.69. The molecule has 1 fully saturated rings. The number of hydrogen-bond donors (Lipinski definition) is 0. The number of nitrogens with zero attached hydrogens (tertiary/aromatic N) is 2. The van der Waals surface area contributed by atoms with E-state index in [1.54, 1.807) is 12.1 Å². The van der Waals surface area contributed by atoms with Crippen LogP contribution in [0.25, 0.3) is 0 Å². The maximum Gasteiger partial charge on any atom is 0.269 e. The van der Waals surface area contributed by atoms with Crippen molar-refractivity contribution in [3.05, 3.63) is 75.8 Å². The minimum atomic E-state index is -0.390. The highest BCUT2D eigenvalue weighted by Crippen LogP contribution is 2.41. The van der Waals surface area contributed by atoms with Gasteiger partial charge in [-0.25, -0.2) is 0 Å². The van der Waals surface area contributed by atoms with Gasteiger partial charge in [-0.15, -0.1) is 0 Å². The number of ether oxygens (including phenoxy) is 1. The molecule has 0 aromatic heterocycles. The number of hydrogen-bond acceptors (Lipinski definition) is 4. The molecule has 0 N–H and O–H groups in total. The van der Waals surface area contributed by atoms with E-state index in [9.17, 15) is 10.1 Å². The SMILES string of the molecule is C[C@@H]1[C@H](c2ccccc2)O[C@@H](c2ccc([N+](=O)[O-])cc2)N1C. The number of rotatable bonds is 3. The van der Waals surface area contributed by atoms with Crippen LogP contribution in [0.2, 0.25) is 0 Å². The lowest BCUT2D eigenvalue weighted by Crippen LogP contribution is -2.27. The lowest BCUT2D eigenvalue weighted by Gasteiger charge is -2.21. The van der Waals surface area contributed by atoms with Crippen molar-refractivity contribution in [3.63, 3.8) is 0 Å². The summed E-state index contributed by atoms with van der Waals surface area (Å²) in [6, 6.07) is 16.9. The summed E-state index contributed by atoms with van der Waals surface area (Å²) in [6.45, 7) is 2.13. The highest BCUT2D eigenvalue weighted by molar-refractivity contribution is 5.34. The van der Waals surface area contributed by atoms with E-state index in [2.05, 4.69) is 24.0 Å². The summed E-state index contributed by atoms with van der Waals surface area (Å²) < 4.78 is 6.21. The van der Waals surface area contributed by atoms with Crippen LogP contribution in [0.15, 0.2) is 54.6 Å². The quantitative estimate of drug-likeness (QED) is 0.640. The van der Waals surface area contributed by atoms with Crippen molar-refractivity contribution in [1.82, 2.24) is 4.90 Å². The summed E-state index contributed by atoms with van der Waals surface area (Å²) in [5.74, 6) is 0. The summed E-state index contributed by atoms with van der Waals surface area (Å²) in [5, 5.41) is 10.8. The van der Waals surface area contributed by atoms with Gasteiger partial charge >= 0.3 is 0 Å². The molecule has 0 radical (unpaired) electrons. The van der Waals surface area contributed by atoms with Crippen LogP contribution >= 0.6 is 0 Å². The second-order valence-electron chi connectivity index (χ2n) is 5.57. The predicted molar refractivity (Wildman–Crippen MR) is 83.3 cm³/mol. The third-order valence-corrected chi connectivity index (χ3v) is 4.24. The van der Waals surface area contributed by atoms with Gasteiger partial charge in [0.15, 0.2) is 0 Å². The molecule has 22 heavy (non-hydrogen) atoms. The van der Waals surface area contributed by atoms with Crippen LogP contribution < -0.4 is 0 Å². The molecule has 1 aliphatic heterocycles. The van der Waals surface area contributed by atoms with E-state index in [1.165, 1.54) is 12.1 Å². The van der Waals surface area contributed by atoms with Gasteiger partial charge in [-0.05, 0) is 37.2 Å². The van der Waals surface area contributed by atoms with E-state index in [4.69, 9.17) is 4.74 Å². The first-order valence-corrected chi connectivity index (χ1v) is 7.24. The fraction of sp³-hybridized carbons (Fsp3) is 0.294. The largest absolute Gasteiger partial charge is 0.349 e. The van der Waals surface area contributed by atoms with E-state index in [0.717, 1.165) is 11.1 Å². The Morgan fingerprint density at radius 3 is 2.27 bits per heavy atom. The maximum absolute atomic E-state index is 10.8. The highest BCUT2D eigenvalue weighted by atomic mass is 16.6. The van der Waals surface area contributed by atoms with Crippen LogP contribution in [0.5, 0.6) is 0 Å². The standard InChI is InChI=1S/C17H18N2O3/c1-12-16(13-6-4-3-5-7-13)22-17(18(12)2)14-8-10-15(11-9-14)19(20)21/h3-12,16-17H,1-2H3/t12-,16-,17+/m1/s1. The Hall–Kier alpha value is -2.24. The van der Waals surface area contributed by atoms with Gasteiger partial charge < -0.3 is 4.74 Å². The van der Waals surface area contributed by atoms with Crippen LogP contribution in [0.3, 0.4) is 0 Å². The van der Waals surface area contributed by atoms with E-state index >= 15 is 0 Å². The summed E-state index contributed by atoms with van der Waals surface area (Å²) in [6.07, 6.45) is -0.201. The minimum Gasteiger partial charge on any atom is -0.349 e. The second-order valence-corrected chi connectivity index (χ2v) is 5.57. The molecular formula is C17H18N2O3. The number of nitro groups is 1. The maximum atomic E-state index is 10.8. The van der Waals surface area contributed by atoms with Crippen molar-refractivity contribution in [2.45, 2.75) is 25.3 Å². The lowest BCUT2D eigenvalue weighted by atomic mass is 10.0. The Morgan fingerprint density at radius 1 is 1.05 bits per heavy atom. The van der Waals surface area contributed by atoms with Crippen molar-refractivity contribution in [2.24, 2.45) is 0 Å². The molecule has 1 saturated heterocycles. The van der Waals surface area contributed by atoms with Gasteiger partial charge in [0, 0.05) is 18.2 Å². The Kier molecular flexibility index (Phi) is 3.92. The number of likely N-dealkylation sites (N-methyl/N-ethyl adjacent to an activating group) is 1. The third kappa shape index (κ3) is 2.61. The van der Waals surface area contributed by atoms with Gasteiger partial charge in [-0.2, -0.15) is 0 Å². The molecule has 3 rings (SSSR count). The Balaban J connectivity index is 1.85. The molecule has 0 amide bonds. The monoisotopic (exact) mass is 298 g/mol. The second kappa shape index (κ2) is 5.87. The molecule has 2 aromatic rings. The summed E-state index contributed by atoms with van der Waals surface area (Å²) in [4.78, 5) is 12.5. The summed E-state index contributed by atoms with van der Waals surface area (Å²) in [7, 11) is 2.01. The average molecular weight is 298 g/mol. The van der Waals surface area contributed by atoms with Gasteiger partial charge in [-0.1, -0.05) is 30.3 Å². The summed E-state index contributed by atoms with van der Waals surface area (Å²) >= 11 is 0. The highest BCUT2D eigenvalue weighted by Gasteiger charge is 2.38. The van der Waals surface area contributed by atoms with Crippen LogP contribution in [0.4, 0.5) is 5.69 Å². The van der Waals surface area contributed by atoms with Crippen molar-refractivity contribution in [3.8, 4) is 0 Å². The molecule has 0 aliphatic carbocycles. The molecule has 0 bridgehead atoms. The van der Waals surface area contributed by atoms with E-state index in [0.29, 0.717) is 0 Å². The van der Waals surface area contributed by atoms with Crippen molar-refractivity contribution < 1.29 is 9.66 Å². The zero-order valence-electron chi connectivity index (χ0n) is 12.5. The Morgan fingerprint density at radius 2 is 1.68 bits per heavy atom. The molecule has 114 valence electrons. The van der Waals surface area contributed by atoms with Crippen LogP contribution in [-0.2, 0) is 4.74 Å². The van der Waals surface area contributed by atoms with E-state index < -0.39 is 4.92 Å². The first-order valence-electron chi connectivity index (χ1n) is 7.24. The van der Waals surface area contributed by atoms with Crippen LogP contribution in [0.1, 0.15) is 30.4 Å². The van der Waals surface area contributed by atoms with Gasteiger partial charge in [0.25, 0.3) is 5.69 Å². The fourth-order valence-corrected chi connectivity index (χ4v) is 2.85. The van der Waals surface area contributed by atoms with Gasteiger partial charge in [-0.3, -0.25) is 15.0 Å². The van der Waals surface area contributed by atoms with Crippen molar-refractivity contribution in [2.75, 3.05) is 7.05 Å². The molecule has 2 aromatic carbocycles. The number of non-ortho nitro benzene ring substituents is 1. The molecule has 3 atom stereocenters. The van der Waals surface area contributed by atoms with E-state index in [1.807, 2.05) is 25.2 Å². The van der Waals surface area contributed by atoms with Crippen molar-refractivity contribution >= 4 is 5.69 Å². The topological polar surface area (TPSA) is 55.6 Å². The molecule has 5 nitrogen and oxygen atoms in total. The Bertz CT molecular complexity index is 657. The van der Waals surface area contributed by atoms with Crippen LogP contribution in [-0.4, -0.2) is 22.9 Å². The third-order valence-electron chi connectivity index (χ3n) is 4.24. The molecule has 0 saturated carbocycles. The zero-order valence-corrected chi connectivity index (χ0v) is 12.5. The van der Waals surface area contributed by atoms with Gasteiger partial charge in [0.05, 0.1) is 4.92 Å². The average Bonchev–Trinajstić information content (AvgIpc) is 2.84. The smallest absolute Gasteiger partial charge is 0.269 e. The zero-order chi connectivity index (χ0) is 15.7. The normalized spacial score (nSPS) is 25.3. The van der Waals surface area contributed by atoms with E-state index in [-0.39, 0.29) is 24.1 Å². The number of nitro benzene ring substituents is 1. The van der Waals surface area contributed by atoms with Gasteiger partial charge in [0.2, 0.25) is 0 Å². The molecule has 0 unspecified atom stereocenters. The van der Waals surface area contributed by atoms with Gasteiger partial charge in [0.1, 0.15) is 12.3 Å². The molecule has 0 spiro atoms. The molecule has 1 aliphatic rings. The first-order chi connectivity index (χ1) is 10.6. The summed E-state index contributed by atoms with van der Waals surface area (Å²) in [5.41, 5.74) is 2.17. The van der Waals surface area contributed by atoms with Crippen molar-refractivity contribution in [1.29, 1.82) is 0 Å².